The van der Waals surface area contributed by atoms with Gasteiger partial charge < -0.3 is 0 Å². The van der Waals surface area contributed by atoms with Crippen LogP contribution in [0.15, 0.2) is 91.3 Å². The molecule has 3 aromatic carbocycles. The molecule has 2 heterocycles. The van der Waals surface area contributed by atoms with E-state index >= 15 is 0 Å². The van der Waals surface area contributed by atoms with Crippen molar-refractivity contribution in [3.8, 4) is 11.1 Å². The van der Waals surface area contributed by atoms with Gasteiger partial charge in [-0.1, -0.05) is 71.5 Å². The van der Waals surface area contributed by atoms with E-state index in [4.69, 9.17) is 16.6 Å². The summed E-state index contributed by atoms with van der Waals surface area (Å²) in [6.07, 6.45) is 3.50. The number of aromatic nitrogens is 2. The van der Waals surface area contributed by atoms with Crippen LogP contribution in [0.5, 0.6) is 0 Å². The zero-order valence-electron chi connectivity index (χ0n) is 17.9. The highest BCUT2D eigenvalue weighted by molar-refractivity contribution is 7.22. The Kier molecular flexibility index (Phi) is 5.90. The number of hydrogen-bond donors (Lipinski definition) is 0. The van der Waals surface area contributed by atoms with E-state index in [-0.39, 0.29) is 5.91 Å². The van der Waals surface area contributed by atoms with Crippen LogP contribution in [0, 0.1) is 6.92 Å². The second-order valence-corrected chi connectivity index (χ2v) is 9.21. The Labute approximate surface area is 201 Å². The Morgan fingerprint density at radius 3 is 2.45 bits per heavy atom. The van der Waals surface area contributed by atoms with E-state index in [1.807, 2.05) is 73.7 Å². The van der Waals surface area contributed by atoms with Crippen LogP contribution in [0.4, 0.5) is 5.13 Å². The summed E-state index contributed by atoms with van der Waals surface area (Å²) in [4.78, 5) is 24.4. The topological polar surface area (TPSA) is 46.1 Å². The molecule has 0 bridgehead atoms. The first-order chi connectivity index (χ1) is 16.1. The number of anilines is 1. The van der Waals surface area contributed by atoms with Crippen LogP contribution in [0.2, 0.25) is 5.02 Å². The minimum atomic E-state index is -0.110. The van der Waals surface area contributed by atoms with Gasteiger partial charge in [0.15, 0.2) is 5.13 Å². The number of rotatable bonds is 5. The molecule has 0 saturated heterocycles. The molecule has 2 aromatic heterocycles. The van der Waals surface area contributed by atoms with Crippen molar-refractivity contribution in [2.75, 3.05) is 4.90 Å². The van der Waals surface area contributed by atoms with Crippen LogP contribution < -0.4 is 4.90 Å². The molecule has 1 amide bonds. The lowest BCUT2D eigenvalue weighted by molar-refractivity contribution is 0.0985. The van der Waals surface area contributed by atoms with Crippen molar-refractivity contribution in [1.29, 1.82) is 0 Å². The molecule has 0 radical (unpaired) electrons. The molecular formula is C27H20ClN3OS. The average Bonchev–Trinajstić information content (AvgIpc) is 3.27. The van der Waals surface area contributed by atoms with Gasteiger partial charge in [0.2, 0.25) is 0 Å². The van der Waals surface area contributed by atoms with Crippen LogP contribution in [0.1, 0.15) is 21.5 Å². The third-order valence-corrected chi connectivity index (χ3v) is 6.66. The zero-order chi connectivity index (χ0) is 22.8. The summed E-state index contributed by atoms with van der Waals surface area (Å²) >= 11 is 7.72. The maximum atomic E-state index is 13.7. The summed E-state index contributed by atoms with van der Waals surface area (Å²) in [5.41, 5.74) is 5.57. The van der Waals surface area contributed by atoms with Gasteiger partial charge in [0.05, 0.1) is 16.8 Å². The molecule has 5 aromatic rings. The highest BCUT2D eigenvalue weighted by atomic mass is 35.5. The average molecular weight is 470 g/mol. The van der Waals surface area contributed by atoms with Crippen molar-refractivity contribution in [1.82, 2.24) is 9.97 Å². The number of amides is 1. The standard InChI is InChI=1S/C27H20ClN3OS/c1-18-14-23(28)15-24-25(18)30-27(33-24)31(17-19-6-5-13-29-16-19)26(32)22-11-9-21(10-12-22)20-7-3-2-4-8-20/h2-16H,17H2,1H3. The Bertz CT molecular complexity index is 1420. The predicted molar refractivity (Wildman–Crippen MR) is 136 cm³/mol. The summed E-state index contributed by atoms with van der Waals surface area (Å²) in [6.45, 7) is 2.35. The lowest BCUT2D eigenvalue weighted by atomic mass is 10.0. The van der Waals surface area contributed by atoms with Crippen molar-refractivity contribution < 1.29 is 4.79 Å². The van der Waals surface area contributed by atoms with Gasteiger partial charge in [0.1, 0.15) is 0 Å². The number of carbonyl (C=O) groups is 1. The summed E-state index contributed by atoms with van der Waals surface area (Å²) in [6, 6.07) is 25.4. The van der Waals surface area contributed by atoms with E-state index in [9.17, 15) is 4.79 Å². The number of nitrogens with zero attached hydrogens (tertiary/aromatic N) is 3. The second-order valence-electron chi connectivity index (χ2n) is 7.76. The van der Waals surface area contributed by atoms with Crippen molar-refractivity contribution in [3.05, 3.63) is 113 Å². The number of thiazole rings is 1. The Morgan fingerprint density at radius 1 is 0.970 bits per heavy atom. The molecule has 0 saturated carbocycles. The zero-order valence-corrected chi connectivity index (χ0v) is 19.5. The third-order valence-electron chi connectivity index (χ3n) is 5.42. The number of benzene rings is 3. The number of pyridine rings is 1. The van der Waals surface area contributed by atoms with Crippen LogP contribution in [0.3, 0.4) is 0 Å². The molecule has 0 aliphatic heterocycles. The van der Waals surface area contributed by atoms with Gasteiger partial charge in [-0.15, -0.1) is 0 Å². The van der Waals surface area contributed by atoms with Gasteiger partial charge in [-0.25, -0.2) is 4.98 Å². The van der Waals surface area contributed by atoms with Crippen LogP contribution >= 0.6 is 22.9 Å². The number of hydrogen-bond acceptors (Lipinski definition) is 4. The van der Waals surface area contributed by atoms with Gasteiger partial charge >= 0.3 is 0 Å². The first kappa shape index (κ1) is 21.3. The molecule has 0 N–H and O–H groups in total. The monoisotopic (exact) mass is 469 g/mol. The van der Waals surface area contributed by atoms with E-state index in [2.05, 4.69) is 17.1 Å². The molecule has 0 unspecified atom stereocenters. The van der Waals surface area contributed by atoms with Crippen molar-refractivity contribution in [2.45, 2.75) is 13.5 Å². The van der Waals surface area contributed by atoms with Crippen LogP contribution in [-0.4, -0.2) is 15.9 Å². The van der Waals surface area contributed by atoms with Crippen LogP contribution in [-0.2, 0) is 6.54 Å². The fourth-order valence-electron chi connectivity index (χ4n) is 3.75. The van der Waals surface area contributed by atoms with E-state index in [0.717, 1.165) is 32.5 Å². The quantitative estimate of drug-likeness (QED) is 0.274. The van der Waals surface area contributed by atoms with Crippen molar-refractivity contribution in [3.63, 3.8) is 0 Å². The first-order valence-electron chi connectivity index (χ1n) is 10.5. The molecule has 0 fully saturated rings. The number of carbonyl (C=O) groups excluding carboxylic acids is 1. The van der Waals surface area contributed by atoms with Gasteiger partial charge in [-0.3, -0.25) is 14.7 Å². The van der Waals surface area contributed by atoms with Gasteiger partial charge in [0.25, 0.3) is 5.91 Å². The van der Waals surface area contributed by atoms with Gasteiger partial charge in [-0.2, -0.15) is 0 Å². The molecule has 162 valence electrons. The molecule has 0 aliphatic carbocycles. The number of fused-ring (bicyclic) bond motifs is 1. The molecule has 0 aliphatic rings. The Hall–Kier alpha value is -3.54. The van der Waals surface area contributed by atoms with Crippen molar-refractivity contribution >= 4 is 44.2 Å². The summed E-state index contributed by atoms with van der Waals surface area (Å²) in [5.74, 6) is -0.110. The van der Waals surface area contributed by atoms with E-state index in [1.54, 1.807) is 17.3 Å². The third kappa shape index (κ3) is 4.51. The molecule has 4 nitrogen and oxygen atoms in total. The molecule has 0 atom stereocenters. The van der Waals surface area contributed by atoms with Crippen LogP contribution in [0.25, 0.3) is 21.3 Å². The predicted octanol–water partition coefficient (Wildman–Crippen LogP) is 7.17. The first-order valence-corrected chi connectivity index (χ1v) is 11.7. The maximum Gasteiger partial charge on any atom is 0.260 e. The molecule has 6 heteroatoms. The summed E-state index contributed by atoms with van der Waals surface area (Å²) < 4.78 is 0.957. The number of aryl methyl sites for hydroxylation is 1. The van der Waals surface area contributed by atoms with Gasteiger partial charge in [0, 0.05) is 23.0 Å². The number of halogens is 1. The highest BCUT2D eigenvalue weighted by Crippen LogP contribution is 2.34. The Balaban J connectivity index is 1.53. The molecule has 5 rings (SSSR count). The lowest BCUT2D eigenvalue weighted by Crippen LogP contribution is -2.30. The van der Waals surface area contributed by atoms with E-state index in [1.165, 1.54) is 11.3 Å². The fourth-order valence-corrected chi connectivity index (χ4v) is 5.17. The van der Waals surface area contributed by atoms with Gasteiger partial charge in [-0.05, 0) is 59.5 Å². The molecular weight excluding hydrogens is 450 g/mol. The summed E-state index contributed by atoms with van der Waals surface area (Å²) in [7, 11) is 0. The minimum absolute atomic E-state index is 0.110. The summed E-state index contributed by atoms with van der Waals surface area (Å²) in [5, 5.41) is 1.30. The van der Waals surface area contributed by atoms with E-state index < -0.39 is 0 Å². The second kappa shape index (κ2) is 9.14. The lowest BCUT2D eigenvalue weighted by Gasteiger charge is -2.20. The minimum Gasteiger partial charge on any atom is -0.279 e. The van der Waals surface area contributed by atoms with Crippen molar-refractivity contribution in [2.24, 2.45) is 0 Å². The molecule has 33 heavy (non-hydrogen) atoms. The normalized spacial score (nSPS) is 11.0. The largest absolute Gasteiger partial charge is 0.279 e. The highest BCUT2D eigenvalue weighted by Gasteiger charge is 2.22. The maximum absolute atomic E-state index is 13.7. The SMILES string of the molecule is Cc1cc(Cl)cc2sc(N(Cc3cccnc3)C(=O)c3ccc(-c4ccccc4)cc3)nc12. The smallest absolute Gasteiger partial charge is 0.260 e. The Morgan fingerprint density at radius 2 is 1.73 bits per heavy atom. The molecule has 0 spiro atoms. The van der Waals surface area contributed by atoms with E-state index in [0.29, 0.717) is 22.3 Å². The fraction of sp³-hybridized carbons (Fsp3) is 0.0741.